The molecule has 9 heteroatoms. The van der Waals surface area contributed by atoms with Gasteiger partial charge in [0.05, 0.1) is 15.1 Å². The third-order valence-electron chi connectivity index (χ3n) is 4.48. The zero-order valence-corrected chi connectivity index (χ0v) is 16.5. The number of piperidine rings is 1. The van der Waals surface area contributed by atoms with E-state index in [1.807, 2.05) is 32.2 Å². The van der Waals surface area contributed by atoms with Gasteiger partial charge in [-0.25, -0.2) is 9.78 Å². The maximum atomic E-state index is 12.1. The number of hydrogen-bond acceptors (Lipinski definition) is 7. The summed E-state index contributed by atoms with van der Waals surface area (Å²) in [6.07, 6.45) is 2.69. The van der Waals surface area contributed by atoms with Gasteiger partial charge in [-0.2, -0.15) is 0 Å². The second kappa shape index (κ2) is 7.67. The standard InChI is InChI=1S/C18H24N4O4S/c1-18(2,3)26-17(23)21-7-4-12(5-8-21)10-20-15-14(22(24)25)11-19-13-6-9-27-16(13)15/h6,9,11-12H,4-5,7-8,10H2,1-3H3,(H,19,20). The van der Waals surface area contributed by atoms with Crippen molar-refractivity contribution in [3.05, 3.63) is 27.8 Å². The van der Waals surface area contributed by atoms with Crippen molar-refractivity contribution in [2.75, 3.05) is 25.0 Å². The summed E-state index contributed by atoms with van der Waals surface area (Å²) in [7, 11) is 0. The van der Waals surface area contributed by atoms with Crippen LogP contribution < -0.4 is 5.32 Å². The minimum absolute atomic E-state index is 0.00357. The minimum atomic E-state index is -0.498. The van der Waals surface area contributed by atoms with Crippen LogP contribution in [0, 0.1) is 16.0 Å². The Hall–Kier alpha value is -2.42. The summed E-state index contributed by atoms with van der Waals surface area (Å²) < 4.78 is 6.22. The van der Waals surface area contributed by atoms with Crippen LogP contribution in [0.5, 0.6) is 0 Å². The predicted octanol–water partition coefficient (Wildman–Crippen LogP) is 4.26. The highest BCUT2D eigenvalue weighted by Crippen LogP contribution is 2.35. The Morgan fingerprint density at radius 1 is 1.44 bits per heavy atom. The van der Waals surface area contributed by atoms with Gasteiger partial charge in [-0.3, -0.25) is 10.1 Å². The van der Waals surface area contributed by atoms with E-state index in [1.54, 1.807) is 4.90 Å². The SMILES string of the molecule is CC(C)(C)OC(=O)N1CCC(CNc2c([N+](=O)[O-])cnc3ccsc23)CC1. The van der Waals surface area contributed by atoms with E-state index in [0.29, 0.717) is 31.2 Å². The highest BCUT2D eigenvalue weighted by molar-refractivity contribution is 7.17. The number of hydrogen-bond donors (Lipinski definition) is 1. The number of pyridine rings is 1. The molecule has 0 unspecified atom stereocenters. The highest BCUT2D eigenvalue weighted by atomic mass is 32.1. The third-order valence-corrected chi connectivity index (χ3v) is 5.41. The Bertz CT molecular complexity index is 837. The first-order chi connectivity index (χ1) is 12.7. The number of nitrogens with zero attached hydrogens (tertiary/aromatic N) is 3. The number of rotatable bonds is 4. The summed E-state index contributed by atoms with van der Waals surface area (Å²) in [5.74, 6) is 0.339. The quantitative estimate of drug-likeness (QED) is 0.616. The first-order valence-corrected chi connectivity index (χ1v) is 9.85. The Balaban J connectivity index is 1.60. The fourth-order valence-electron chi connectivity index (χ4n) is 3.10. The van der Waals surface area contributed by atoms with E-state index in [9.17, 15) is 14.9 Å². The lowest BCUT2D eigenvalue weighted by Crippen LogP contribution is -2.42. The zero-order chi connectivity index (χ0) is 19.6. The third kappa shape index (κ3) is 4.65. The number of nitro groups is 1. The molecule has 0 aliphatic carbocycles. The molecule has 1 amide bonds. The first kappa shape index (κ1) is 19.3. The van der Waals surface area contributed by atoms with Gasteiger partial charge in [0.15, 0.2) is 0 Å². The normalized spacial score (nSPS) is 15.7. The van der Waals surface area contributed by atoms with E-state index in [-0.39, 0.29) is 11.8 Å². The number of amides is 1. The Labute approximate surface area is 161 Å². The second-order valence-corrected chi connectivity index (χ2v) is 8.62. The van der Waals surface area contributed by atoms with Gasteiger partial charge in [0.25, 0.3) is 0 Å². The van der Waals surface area contributed by atoms with Crippen molar-refractivity contribution in [2.45, 2.75) is 39.2 Å². The summed E-state index contributed by atoms with van der Waals surface area (Å²) in [6.45, 7) is 7.46. The van der Waals surface area contributed by atoms with Crippen LogP contribution in [0.15, 0.2) is 17.6 Å². The van der Waals surface area contributed by atoms with Crippen molar-refractivity contribution in [1.29, 1.82) is 0 Å². The minimum Gasteiger partial charge on any atom is -0.444 e. The van der Waals surface area contributed by atoms with Crippen LogP contribution in [0.2, 0.25) is 0 Å². The van der Waals surface area contributed by atoms with Crippen LogP contribution in [0.25, 0.3) is 10.2 Å². The molecular formula is C18H24N4O4S. The van der Waals surface area contributed by atoms with Crippen LogP contribution in [0.1, 0.15) is 33.6 Å². The molecule has 2 aromatic rings. The number of thiophene rings is 1. The number of carbonyl (C=O) groups is 1. The molecule has 27 heavy (non-hydrogen) atoms. The molecule has 0 saturated carbocycles. The number of likely N-dealkylation sites (tertiary alicyclic amines) is 1. The molecule has 1 aliphatic rings. The van der Waals surface area contributed by atoms with Crippen molar-refractivity contribution in [1.82, 2.24) is 9.88 Å². The lowest BCUT2D eigenvalue weighted by molar-refractivity contribution is -0.384. The molecule has 1 saturated heterocycles. The van der Waals surface area contributed by atoms with E-state index in [2.05, 4.69) is 10.3 Å². The lowest BCUT2D eigenvalue weighted by atomic mass is 9.97. The molecule has 3 heterocycles. The molecule has 146 valence electrons. The average Bonchev–Trinajstić information content (AvgIpc) is 3.07. The molecule has 0 radical (unpaired) electrons. The Morgan fingerprint density at radius 3 is 2.78 bits per heavy atom. The van der Waals surface area contributed by atoms with E-state index in [1.165, 1.54) is 17.5 Å². The van der Waals surface area contributed by atoms with E-state index >= 15 is 0 Å². The topological polar surface area (TPSA) is 97.6 Å². The van der Waals surface area contributed by atoms with Crippen LogP contribution in [-0.2, 0) is 4.74 Å². The monoisotopic (exact) mass is 392 g/mol. The molecule has 0 aromatic carbocycles. The molecule has 3 rings (SSSR count). The average molecular weight is 392 g/mol. The molecule has 1 aliphatic heterocycles. The summed E-state index contributed by atoms with van der Waals surface area (Å²) in [4.78, 5) is 29.0. The number of ether oxygens (including phenoxy) is 1. The summed E-state index contributed by atoms with van der Waals surface area (Å²) in [5.41, 5.74) is 0.792. The van der Waals surface area contributed by atoms with Crippen molar-refractivity contribution < 1.29 is 14.5 Å². The van der Waals surface area contributed by atoms with Gasteiger partial charge < -0.3 is 15.0 Å². The van der Waals surface area contributed by atoms with Crippen molar-refractivity contribution in [3.8, 4) is 0 Å². The van der Waals surface area contributed by atoms with Crippen LogP contribution in [0.4, 0.5) is 16.2 Å². The predicted molar refractivity (Wildman–Crippen MR) is 105 cm³/mol. The van der Waals surface area contributed by atoms with Gasteiger partial charge in [-0.1, -0.05) is 0 Å². The number of aromatic nitrogens is 1. The Morgan fingerprint density at radius 2 is 2.15 bits per heavy atom. The van der Waals surface area contributed by atoms with Gasteiger partial charge in [-0.15, -0.1) is 11.3 Å². The summed E-state index contributed by atoms with van der Waals surface area (Å²) in [5, 5.41) is 16.5. The van der Waals surface area contributed by atoms with Crippen molar-refractivity contribution in [3.63, 3.8) is 0 Å². The van der Waals surface area contributed by atoms with Gasteiger partial charge in [0, 0.05) is 19.6 Å². The first-order valence-electron chi connectivity index (χ1n) is 8.97. The molecular weight excluding hydrogens is 368 g/mol. The fraction of sp³-hybridized carbons (Fsp3) is 0.556. The molecule has 2 aromatic heterocycles. The molecule has 1 N–H and O–H groups in total. The van der Waals surface area contributed by atoms with E-state index in [0.717, 1.165) is 23.1 Å². The number of fused-ring (bicyclic) bond motifs is 1. The van der Waals surface area contributed by atoms with Crippen LogP contribution in [0.3, 0.4) is 0 Å². The molecule has 0 spiro atoms. The second-order valence-electron chi connectivity index (χ2n) is 7.70. The zero-order valence-electron chi connectivity index (χ0n) is 15.7. The smallest absolute Gasteiger partial charge is 0.410 e. The molecule has 8 nitrogen and oxygen atoms in total. The maximum absolute atomic E-state index is 12.1. The molecule has 1 fully saturated rings. The van der Waals surface area contributed by atoms with E-state index in [4.69, 9.17) is 4.74 Å². The van der Waals surface area contributed by atoms with Crippen LogP contribution >= 0.6 is 11.3 Å². The van der Waals surface area contributed by atoms with Crippen molar-refractivity contribution in [2.24, 2.45) is 5.92 Å². The largest absolute Gasteiger partial charge is 0.444 e. The number of nitrogens with one attached hydrogen (secondary N) is 1. The Kier molecular flexibility index (Phi) is 5.50. The van der Waals surface area contributed by atoms with Crippen molar-refractivity contribution >= 4 is 39.0 Å². The number of carbonyl (C=O) groups excluding carboxylic acids is 1. The van der Waals surface area contributed by atoms with Crippen LogP contribution in [-0.4, -0.2) is 46.1 Å². The highest BCUT2D eigenvalue weighted by Gasteiger charge is 2.27. The van der Waals surface area contributed by atoms with Gasteiger partial charge in [-0.05, 0) is 51.0 Å². The number of anilines is 1. The van der Waals surface area contributed by atoms with Gasteiger partial charge in [0.2, 0.25) is 0 Å². The summed E-state index contributed by atoms with van der Waals surface area (Å²) in [6, 6.07) is 1.86. The van der Waals surface area contributed by atoms with E-state index < -0.39 is 10.5 Å². The molecule has 0 bridgehead atoms. The summed E-state index contributed by atoms with van der Waals surface area (Å²) >= 11 is 1.44. The maximum Gasteiger partial charge on any atom is 0.410 e. The molecule has 0 atom stereocenters. The van der Waals surface area contributed by atoms with Gasteiger partial charge >= 0.3 is 11.8 Å². The van der Waals surface area contributed by atoms with Gasteiger partial charge in [0.1, 0.15) is 17.5 Å². The lowest BCUT2D eigenvalue weighted by Gasteiger charge is -2.33. The fourth-order valence-corrected chi connectivity index (χ4v) is 3.97.